The third kappa shape index (κ3) is 5.02. The highest BCUT2D eigenvalue weighted by Crippen LogP contribution is 2.28. The van der Waals surface area contributed by atoms with Crippen LogP contribution in [0, 0.1) is 0 Å². The third-order valence-corrected chi connectivity index (χ3v) is 6.20. The van der Waals surface area contributed by atoms with Crippen molar-refractivity contribution in [1.29, 1.82) is 0 Å². The summed E-state index contributed by atoms with van der Waals surface area (Å²) >= 11 is 3.24. The molecular weight excluding hydrogens is 368 g/mol. The van der Waals surface area contributed by atoms with Crippen molar-refractivity contribution in [3.63, 3.8) is 0 Å². The lowest BCUT2D eigenvalue weighted by molar-refractivity contribution is -0.137. The van der Waals surface area contributed by atoms with Crippen LogP contribution in [-0.2, 0) is 27.3 Å². The Morgan fingerprint density at radius 2 is 2.08 bits per heavy atom. The van der Waals surface area contributed by atoms with E-state index in [4.69, 9.17) is 0 Å². The summed E-state index contributed by atoms with van der Waals surface area (Å²) in [6.07, 6.45) is 1.46. The molecule has 5 nitrogen and oxygen atoms in total. The summed E-state index contributed by atoms with van der Waals surface area (Å²) in [6.45, 7) is 1.97. The fourth-order valence-corrected chi connectivity index (χ4v) is 4.48. The number of hydrogen-bond acceptors (Lipinski definition) is 6. The second-order valence-electron chi connectivity index (χ2n) is 6.01. The number of esters is 1. The molecule has 1 aliphatic heterocycles. The van der Waals surface area contributed by atoms with Gasteiger partial charge in [-0.2, -0.15) is 0 Å². The topological polar surface area (TPSA) is 58.6 Å². The van der Waals surface area contributed by atoms with Crippen LogP contribution < -0.4 is 10.2 Å². The van der Waals surface area contributed by atoms with Gasteiger partial charge in [0.1, 0.15) is 0 Å². The molecule has 1 aliphatic rings. The fraction of sp³-hybridized carbons (Fsp3) is 0.368. The number of hydrogen-bond donors (Lipinski definition) is 1. The zero-order chi connectivity index (χ0) is 18.4. The molecular formula is C19H22N2O3S2. The number of ether oxygens (including phenoxy) is 1. The normalized spacial score (nSPS) is 13.2. The van der Waals surface area contributed by atoms with E-state index in [1.54, 1.807) is 0 Å². The number of thioether (sulfide) groups is 1. The standard InChI is InChI=1S/C19H22N2O3S2/c1-24-19(23)13-25-10-8-18(22)20-15-2-4-16(5-3-15)21-9-6-17-14(12-21)7-11-26-17/h2-5,7,11H,6,8-10,12-13H2,1H3,(H,20,22). The number of anilines is 2. The Bertz CT molecular complexity index is 758. The summed E-state index contributed by atoms with van der Waals surface area (Å²) in [5, 5.41) is 5.06. The molecule has 2 aromatic rings. The molecule has 26 heavy (non-hydrogen) atoms. The van der Waals surface area contributed by atoms with Gasteiger partial charge in [-0.15, -0.1) is 23.1 Å². The highest BCUT2D eigenvalue weighted by Gasteiger charge is 2.17. The lowest BCUT2D eigenvalue weighted by Crippen LogP contribution is -2.29. The Morgan fingerprint density at radius 3 is 2.85 bits per heavy atom. The first-order valence-corrected chi connectivity index (χ1v) is 10.5. The molecule has 7 heteroatoms. The van der Waals surface area contributed by atoms with Gasteiger partial charge in [0.15, 0.2) is 0 Å². The maximum atomic E-state index is 12.0. The Labute approximate surface area is 161 Å². The molecule has 0 bridgehead atoms. The number of carbonyl (C=O) groups excluding carboxylic acids is 2. The van der Waals surface area contributed by atoms with Crippen molar-refractivity contribution in [2.45, 2.75) is 19.4 Å². The number of fused-ring (bicyclic) bond motifs is 1. The van der Waals surface area contributed by atoms with E-state index in [1.807, 2.05) is 23.5 Å². The number of nitrogens with zero attached hydrogens (tertiary/aromatic N) is 1. The second kappa shape index (κ2) is 9.09. The van der Waals surface area contributed by atoms with Gasteiger partial charge in [0, 0.05) is 41.5 Å². The molecule has 0 aliphatic carbocycles. The summed E-state index contributed by atoms with van der Waals surface area (Å²) in [4.78, 5) is 26.8. The minimum Gasteiger partial charge on any atom is -0.468 e. The van der Waals surface area contributed by atoms with Crippen molar-refractivity contribution in [1.82, 2.24) is 0 Å². The molecule has 2 heterocycles. The molecule has 0 saturated carbocycles. The van der Waals surface area contributed by atoms with Crippen molar-refractivity contribution in [2.75, 3.05) is 35.4 Å². The van der Waals surface area contributed by atoms with E-state index in [0.717, 1.165) is 25.2 Å². The molecule has 1 amide bonds. The van der Waals surface area contributed by atoms with E-state index in [-0.39, 0.29) is 17.6 Å². The zero-order valence-corrected chi connectivity index (χ0v) is 16.3. The molecule has 1 aromatic carbocycles. The molecule has 0 saturated heterocycles. The summed E-state index contributed by atoms with van der Waals surface area (Å²) in [6, 6.07) is 10.2. The van der Waals surface area contributed by atoms with Gasteiger partial charge in [-0.1, -0.05) is 0 Å². The van der Waals surface area contributed by atoms with E-state index in [9.17, 15) is 9.59 Å². The summed E-state index contributed by atoms with van der Waals surface area (Å²) in [5.74, 6) is 0.560. The lowest BCUT2D eigenvalue weighted by Gasteiger charge is -2.29. The Morgan fingerprint density at radius 1 is 1.27 bits per heavy atom. The Hall–Kier alpha value is -1.99. The monoisotopic (exact) mass is 390 g/mol. The number of thiophene rings is 1. The van der Waals surface area contributed by atoms with Crippen LogP contribution in [0.4, 0.5) is 11.4 Å². The Kier molecular flexibility index (Phi) is 6.57. The van der Waals surface area contributed by atoms with Gasteiger partial charge >= 0.3 is 5.97 Å². The quantitative estimate of drug-likeness (QED) is 0.579. The number of nitrogens with one attached hydrogen (secondary N) is 1. The molecule has 3 rings (SSSR count). The smallest absolute Gasteiger partial charge is 0.315 e. The first-order valence-electron chi connectivity index (χ1n) is 8.50. The van der Waals surface area contributed by atoms with Crippen molar-refractivity contribution >= 4 is 46.3 Å². The van der Waals surface area contributed by atoms with E-state index >= 15 is 0 Å². The molecule has 1 aromatic heterocycles. The molecule has 0 fully saturated rings. The third-order valence-electron chi connectivity index (χ3n) is 4.24. The van der Waals surface area contributed by atoms with Crippen molar-refractivity contribution in [3.05, 3.63) is 46.2 Å². The predicted molar refractivity (Wildman–Crippen MR) is 108 cm³/mol. The van der Waals surface area contributed by atoms with Gasteiger partial charge < -0.3 is 15.0 Å². The van der Waals surface area contributed by atoms with Gasteiger partial charge in [-0.05, 0) is 47.7 Å². The van der Waals surface area contributed by atoms with Crippen LogP contribution in [0.3, 0.4) is 0 Å². The van der Waals surface area contributed by atoms with Crippen LogP contribution in [0.2, 0.25) is 0 Å². The summed E-state index contributed by atoms with van der Waals surface area (Å²) in [5.41, 5.74) is 3.39. The minimum atomic E-state index is -0.265. The Balaban J connectivity index is 1.46. The molecule has 0 radical (unpaired) electrons. The second-order valence-corrected chi connectivity index (χ2v) is 8.12. The van der Waals surface area contributed by atoms with E-state index in [0.29, 0.717) is 12.2 Å². The van der Waals surface area contributed by atoms with Gasteiger partial charge in [0.05, 0.1) is 12.9 Å². The van der Waals surface area contributed by atoms with Crippen LogP contribution in [0.15, 0.2) is 35.7 Å². The number of carbonyl (C=O) groups is 2. The lowest BCUT2D eigenvalue weighted by atomic mass is 10.1. The van der Waals surface area contributed by atoms with Crippen LogP contribution in [-0.4, -0.2) is 37.0 Å². The van der Waals surface area contributed by atoms with Crippen molar-refractivity contribution < 1.29 is 14.3 Å². The first-order chi connectivity index (χ1) is 12.7. The molecule has 0 unspecified atom stereocenters. The van der Waals surface area contributed by atoms with E-state index in [1.165, 1.54) is 35.0 Å². The largest absolute Gasteiger partial charge is 0.468 e. The fourth-order valence-electron chi connectivity index (χ4n) is 2.83. The van der Waals surface area contributed by atoms with E-state index < -0.39 is 0 Å². The average molecular weight is 391 g/mol. The highest BCUT2D eigenvalue weighted by molar-refractivity contribution is 7.99. The number of benzene rings is 1. The van der Waals surface area contributed by atoms with Crippen LogP contribution in [0.5, 0.6) is 0 Å². The van der Waals surface area contributed by atoms with Crippen molar-refractivity contribution in [3.8, 4) is 0 Å². The maximum Gasteiger partial charge on any atom is 0.315 e. The zero-order valence-electron chi connectivity index (χ0n) is 14.7. The van der Waals surface area contributed by atoms with Gasteiger partial charge in [0.2, 0.25) is 5.91 Å². The summed E-state index contributed by atoms with van der Waals surface area (Å²) in [7, 11) is 1.36. The highest BCUT2D eigenvalue weighted by atomic mass is 32.2. The predicted octanol–water partition coefficient (Wildman–Crippen LogP) is 3.55. The average Bonchev–Trinajstić information content (AvgIpc) is 3.13. The van der Waals surface area contributed by atoms with Crippen molar-refractivity contribution in [2.24, 2.45) is 0 Å². The molecule has 0 spiro atoms. The SMILES string of the molecule is COC(=O)CSCCC(=O)Nc1ccc(N2CCc3sccc3C2)cc1. The summed E-state index contributed by atoms with van der Waals surface area (Å²) < 4.78 is 4.57. The molecule has 0 atom stereocenters. The minimum absolute atomic E-state index is 0.0454. The van der Waals surface area contributed by atoms with E-state index in [2.05, 4.69) is 38.5 Å². The van der Waals surface area contributed by atoms with Crippen LogP contribution >= 0.6 is 23.1 Å². The number of rotatable bonds is 7. The van der Waals surface area contributed by atoms with Crippen LogP contribution in [0.25, 0.3) is 0 Å². The first kappa shape index (κ1) is 18.8. The van der Waals surface area contributed by atoms with Crippen LogP contribution in [0.1, 0.15) is 16.9 Å². The van der Waals surface area contributed by atoms with Gasteiger partial charge in [-0.25, -0.2) is 0 Å². The number of amides is 1. The molecule has 138 valence electrons. The van der Waals surface area contributed by atoms with Gasteiger partial charge in [-0.3, -0.25) is 9.59 Å². The number of methoxy groups -OCH3 is 1. The maximum absolute atomic E-state index is 12.0. The molecule has 1 N–H and O–H groups in total. The van der Waals surface area contributed by atoms with Gasteiger partial charge in [0.25, 0.3) is 0 Å².